The Morgan fingerprint density at radius 3 is 2.13 bits per heavy atom. The zero-order chi connectivity index (χ0) is 37.0. The van der Waals surface area contributed by atoms with E-state index in [0.717, 1.165) is 33.5 Å². The number of nitrogens with zero attached hydrogens (tertiary/aromatic N) is 2. The summed E-state index contributed by atoms with van der Waals surface area (Å²) in [4.78, 5) is 24.7. The van der Waals surface area contributed by atoms with Gasteiger partial charge in [-0.2, -0.15) is 13.0 Å². The Morgan fingerprint density at radius 2 is 1.42 bits per heavy atom. The lowest BCUT2D eigenvalue weighted by molar-refractivity contribution is -0.138. The van der Waals surface area contributed by atoms with Crippen LogP contribution < -0.4 is 14.8 Å². The molecule has 0 saturated carbocycles. The molecular formula is C41H39N2O8S+. The highest BCUT2D eigenvalue weighted by Gasteiger charge is 2.25. The predicted octanol–water partition coefficient (Wildman–Crippen LogP) is 8.04. The molecule has 4 aromatic carbocycles. The third-order valence-corrected chi connectivity index (χ3v) is 10.0. The van der Waals surface area contributed by atoms with Crippen molar-refractivity contribution in [1.29, 1.82) is 0 Å². The Morgan fingerprint density at radius 1 is 0.750 bits per heavy atom. The number of hydrogen-bond acceptors (Lipinski definition) is 6. The van der Waals surface area contributed by atoms with Crippen LogP contribution >= 0.6 is 0 Å². The van der Waals surface area contributed by atoms with Gasteiger partial charge in [-0.15, -0.1) is 0 Å². The molecule has 266 valence electrons. The van der Waals surface area contributed by atoms with Crippen molar-refractivity contribution in [3.63, 3.8) is 0 Å². The van der Waals surface area contributed by atoms with Gasteiger partial charge >= 0.3 is 11.9 Å². The summed E-state index contributed by atoms with van der Waals surface area (Å²) >= 11 is 0. The van der Waals surface area contributed by atoms with Crippen molar-refractivity contribution in [3.05, 3.63) is 126 Å². The Kier molecular flexibility index (Phi) is 10.5. The van der Waals surface area contributed by atoms with Crippen molar-refractivity contribution < 1.29 is 37.2 Å². The normalized spacial score (nSPS) is 12.2. The monoisotopic (exact) mass is 719 g/mol. The topological polar surface area (TPSA) is 148 Å². The maximum Gasteiger partial charge on any atom is 0.303 e. The van der Waals surface area contributed by atoms with E-state index in [-0.39, 0.29) is 17.7 Å². The number of rotatable bonds is 13. The van der Waals surface area contributed by atoms with Gasteiger partial charge in [0, 0.05) is 76.6 Å². The largest absolute Gasteiger partial charge is 0.481 e. The van der Waals surface area contributed by atoms with Gasteiger partial charge in [0.05, 0.1) is 12.5 Å². The molecule has 1 aliphatic heterocycles. The molecule has 0 aromatic heterocycles. The quantitative estimate of drug-likeness (QED) is 0.0613. The SMILES string of the molecule is Cc1ccccc1N(CCCC(=O)O)c1ccc2c(-c3ccccc3S(=O)(=O)O)c3ccc(=[N+](CCCC(=O)O)c4ccccc4C)cc-3oc2c1. The Balaban J connectivity index is 1.65. The lowest BCUT2D eigenvalue weighted by atomic mass is 9.93. The Bertz CT molecular complexity index is 2450. The average molecular weight is 720 g/mol. The summed E-state index contributed by atoms with van der Waals surface area (Å²) in [5.41, 5.74) is 6.44. The summed E-state index contributed by atoms with van der Waals surface area (Å²) < 4.78 is 44.4. The number of aryl methyl sites for hydroxylation is 2. The Labute approximate surface area is 301 Å². The van der Waals surface area contributed by atoms with Gasteiger partial charge in [0.25, 0.3) is 10.1 Å². The number of carbonyl (C=O) groups is 2. The summed E-state index contributed by atoms with van der Waals surface area (Å²) in [5, 5.41) is 20.1. The van der Waals surface area contributed by atoms with Gasteiger partial charge in [0.15, 0.2) is 0 Å². The summed E-state index contributed by atoms with van der Waals surface area (Å²) in [6.07, 6.45) is 0.773. The first-order valence-electron chi connectivity index (χ1n) is 16.9. The molecule has 0 saturated heterocycles. The van der Waals surface area contributed by atoms with E-state index in [9.17, 15) is 32.8 Å². The molecule has 0 spiro atoms. The van der Waals surface area contributed by atoms with Crippen molar-refractivity contribution in [2.45, 2.75) is 44.4 Å². The smallest absolute Gasteiger partial charge is 0.303 e. The predicted molar refractivity (Wildman–Crippen MR) is 201 cm³/mol. The molecule has 52 heavy (non-hydrogen) atoms. The molecule has 0 radical (unpaired) electrons. The van der Waals surface area contributed by atoms with Crippen molar-refractivity contribution in [1.82, 2.24) is 4.58 Å². The number of carboxylic acids is 2. The van der Waals surface area contributed by atoms with Gasteiger partial charge in [-0.25, -0.2) is 0 Å². The van der Waals surface area contributed by atoms with Gasteiger partial charge in [0.2, 0.25) is 11.0 Å². The van der Waals surface area contributed by atoms with E-state index in [1.54, 1.807) is 18.2 Å². The summed E-state index contributed by atoms with van der Waals surface area (Å²) in [5.74, 6) is -1.33. The Hall–Kier alpha value is -5.78. The van der Waals surface area contributed by atoms with E-state index in [1.807, 2.05) is 108 Å². The molecule has 2 aliphatic rings. The molecule has 0 fully saturated rings. The van der Waals surface area contributed by atoms with Gasteiger partial charge in [0.1, 0.15) is 22.8 Å². The van der Waals surface area contributed by atoms with Crippen LogP contribution in [0, 0.1) is 13.8 Å². The number of fused-ring (bicyclic) bond motifs is 2. The number of aliphatic carboxylic acids is 2. The molecule has 0 bridgehead atoms. The summed E-state index contributed by atoms with van der Waals surface area (Å²) in [6, 6.07) is 33.1. The highest BCUT2D eigenvalue weighted by Crippen LogP contribution is 2.43. The minimum Gasteiger partial charge on any atom is -0.481 e. The first-order chi connectivity index (χ1) is 24.9. The number of para-hydroxylation sites is 2. The van der Waals surface area contributed by atoms with Gasteiger partial charge in [-0.1, -0.05) is 54.6 Å². The number of hydrogen-bond donors (Lipinski definition) is 3. The zero-order valence-electron chi connectivity index (χ0n) is 28.8. The van der Waals surface area contributed by atoms with Crippen LogP contribution in [0.25, 0.3) is 33.4 Å². The van der Waals surface area contributed by atoms with Crippen LogP contribution in [0.2, 0.25) is 0 Å². The van der Waals surface area contributed by atoms with Gasteiger partial charge < -0.3 is 19.5 Å². The standard InChI is InChI=1S/C41H38N2O8S/c1-27-11-3-6-14-34(27)42(23-9-17-39(44)45)29-19-21-31-36(25-29)51-37-26-30(43(24-10-18-40(46)47)35-15-7-4-12-28(35)2)20-22-32(37)41(31)33-13-5-8-16-38(33)52(48,49)50/h3-8,11-16,19-22,25-26H,9-10,17-18,23-24H2,1-2H3,(H2-,44,45,46,47,48,49,50)/p+1. The molecule has 1 heterocycles. The molecule has 10 nitrogen and oxygen atoms in total. The average Bonchev–Trinajstić information content (AvgIpc) is 3.11. The minimum absolute atomic E-state index is 0.00578. The van der Waals surface area contributed by atoms with Crippen LogP contribution in [-0.2, 0) is 19.7 Å². The number of benzene rings is 5. The van der Waals surface area contributed by atoms with E-state index < -0.39 is 22.1 Å². The second kappa shape index (κ2) is 15.2. The van der Waals surface area contributed by atoms with Gasteiger partial charge in [-0.05, 0) is 56.2 Å². The number of carboxylic acid groups (broad SMARTS) is 2. The fraction of sp³-hybridized carbons (Fsp3) is 0.195. The molecule has 4 aromatic rings. The molecule has 0 atom stereocenters. The van der Waals surface area contributed by atoms with Crippen molar-refractivity contribution in [3.8, 4) is 22.5 Å². The maximum absolute atomic E-state index is 12.7. The lowest BCUT2D eigenvalue weighted by Gasteiger charge is -2.27. The van der Waals surface area contributed by atoms with E-state index in [2.05, 4.69) is 0 Å². The van der Waals surface area contributed by atoms with Crippen LogP contribution in [0.3, 0.4) is 0 Å². The lowest BCUT2D eigenvalue weighted by Crippen LogP contribution is -2.27. The van der Waals surface area contributed by atoms with E-state index >= 15 is 0 Å². The molecule has 3 N–H and O–H groups in total. The van der Waals surface area contributed by atoms with Crippen molar-refractivity contribution >= 4 is 50.1 Å². The molecule has 6 rings (SSSR count). The highest BCUT2D eigenvalue weighted by atomic mass is 32.2. The van der Waals surface area contributed by atoms with Gasteiger partial charge in [-0.3, -0.25) is 14.1 Å². The van der Waals surface area contributed by atoms with Crippen LogP contribution in [-0.4, -0.2) is 48.2 Å². The second-order valence-electron chi connectivity index (χ2n) is 12.7. The first kappa shape index (κ1) is 36.0. The zero-order valence-corrected chi connectivity index (χ0v) is 29.6. The summed E-state index contributed by atoms with van der Waals surface area (Å²) in [6.45, 7) is 4.81. The van der Waals surface area contributed by atoms with Crippen LogP contribution in [0.15, 0.2) is 119 Å². The first-order valence-corrected chi connectivity index (χ1v) is 18.4. The second-order valence-corrected chi connectivity index (χ2v) is 14.1. The van der Waals surface area contributed by atoms with Crippen LogP contribution in [0.5, 0.6) is 0 Å². The molecule has 0 unspecified atom stereocenters. The maximum atomic E-state index is 12.7. The van der Waals surface area contributed by atoms with E-state index in [1.165, 1.54) is 6.07 Å². The van der Waals surface area contributed by atoms with Crippen molar-refractivity contribution in [2.75, 3.05) is 18.0 Å². The van der Waals surface area contributed by atoms with E-state index in [4.69, 9.17) is 4.42 Å². The molecule has 1 aliphatic carbocycles. The van der Waals surface area contributed by atoms with Crippen LogP contribution in [0.4, 0.5) is 17.1 Å². The third-order valence-electron chi connectivity index (χ3n) is 9.10. The number of anilines is 2. The molecule has 0 amide bonds. The molecule has 11 heteroatoms. The highest BCUT2D eigenvalue weighted by molar-refractivity contribution is 7.86. The van der Waals surface area contributed by atoms with Crippen LogP contribution in [0.1, 0.15) is 36.8 Å². The molecular weight excluding hydrogens is 681 g/mol. The minimum atomic E-state index is -4.62. The fourth-order valence-electron chi connectivity index (χ4n) is 6.68. The fourth-order valence-corrected chi connectivity index (χ4v) is 7.38. The third kappa shape index (κ3) is 7.75. The summed E-state index contributed by atoms with van der Waals surface area (Å²) in [7, 11) is -4.62. The van der Waals surface area contributed by atoms with E-state index in [0.29, 0.717) is 59.4 Å². The van der Waals surface area contributed by atoms with Crippen molar-refractivity contribution in [2.24, 2.45) is 0 Å².